The standard InChI is InChI=1S/C23H34O/c1-21(2,3)16-13-14-17(15-16)23(7,8)19-12-10-11-18(20(19)24-9)22(4,5)6/h10-12,14-15H,13H2,1-9H3. The van der Waals surface area contributed by atoms with Gasteiger partial charge in [0.1, 0.15) is 5.75 Å². The van der Waals surface area contributed by atoms with Gasteiger partial charge in [-0.2, -0.15) is 0 Å². The molecular formula is C23H34O. The molecule has 2 rings (SSSR count). The SMILES string of the molecule is COc1c(C(C)(C)C)cccc1C(C)(C)C1=CCC(C(C)(C)C)=C1. The summed E-state index contributed by atoms with van der Waals surface area (Å²) in [5.41, 5.74) is 5.68. The van der Waals surface area contributed by atoms with Gasteiger partial charge in [0.2, 0.25) is 0 Å². The van der Waals surface area contributed by atoms with E-state index in [2.05, 4.69) is 85.7 Å². The summed E-state index contributed by atoms with van der Waals surface area (Å²) in [7, 11) is 1.80. The third kappa shape index (κ3) is 3.45. The Balaban J connectivity index is 2.54. The fourth-order valence-corrected chi connectivity index (χ4v) is 3.48. The lowest BCUT2D eigenvalue weighted by Gasteiger charge is -2.32. The summed E-state index contributed by atoms with van der Waals surface area (Å²) in [4.78, 5) is 0. The van der Waals surface area contributed by atoms with Crippen molar-refractivity contribution < 1.29 is 4.74 Å². The fraction of sp³-hybridized carbons (Fsp3) is 0.565. The molecule has 1 aliphatic carbocycles. The van der Waals surface area contributed by atoms with E-state index in [4.69, 9.17) is 4.74 Å². The van der Waals surface area contributed by atoms with Crippen LogP contribution in [-0.4, -0.2) is 7.11 Å². The summed E-state index contributed by atoms with van der Waals surface area (Å²) < 4.78 is 5.90. The second kappa shape index (κ2) is 6.10. The highest BCUT2D eigenvalue weighted by molar-refractivity contribution is 5.55. The molecule has 0 bridgehead atoms. The van der Waals surface area contributed by atoms with Gasteiger partial charge in [-0.05, 0) is 28.4 Å². The Morgan fingerprint density at radius 1 is 0.833 bits per heavy atom. The first-order valence-electron chi connectivity index (χ1n) is 8.98. The first-order valence-corrected chi connectivity index (χ1v) is 8.98. The highest BCUT2D eigenvalue weighted by atomic mass is 16.5. The molecule has 0 saturated heterocycles. The predicted octanol–water partition coefficient (Wildman–Crippen LogP) is 6.57. The molecular weight excluding hydrogens is 292 g/mol. The van der Waals surface area contributed by atoms with E-state index >= 15 is 0 Å². The molecule has 0 saturated carbocycles. The first kappa shape index (κ1) is 18.8. The molecule has 0 aromatic heterocycles. The molecule has 0 aliphatic heterocycles. The highest BCUT2D eigenvalue weighted by Gasteiger charge is 2.33. The molecule has 24 heavy (non-hydrogen) atoms. The maximum Gasteiger partial charge on any atom is 0.126 e. The number of methoxy groups -OCH3 is 1. The summed E-state index contributed by atoms with van der Waals surface area (Å²) in [6, 6.07) is 6.58. The van der Waals surface area contributed by atoms with Crippen LogP contribution in [0.1, 0.15) is 72.9 Å². The Kier molecular flexibility index (Phi) is 4.78. The molecule has 0 heterocycles. The van der Waals surface area contributed by atoms with Crippen molar-refractivity contribution in [3.8, 4) is 5.75 Å². The van der Waals surface area contributed by atoms with Crippen LogP contribution in [0.25, 0.3) is 0 Å². The summed E-state index contributed by atoms with van der Waals surface area (Å²) in [6.45, 7) is 18.2. The quantitative estimate of drug-likeness (QED) is 0.610. The number of allylic oxidation sites excluding steroid dienone is 4. The van der Waals surface area contributed by atoms with Gasteiger partial charge in [0, 0.05) is 11.0 Å². The van der Waals surface area contributed by atoms with E-state index in [-0.39, 0.29) is 16.2 Å². The smallest absolute Gasteiger partial charge is 0.126 e. The Labute approximate surface area is 148 Å². The van der Waals surface area contributed by atoms with Gasteiger partial charge in [-0.15, -0.1) is 0 Å². The molecule has 1 heteroatoms. The second-order valence-corrected chi connectivity index (χ2v) is 9.54. The van der Waals surface area contributed by atoms with Gasteiger partial charge in [-0.25, -0.2) is 0 Å². The highest BCUT2D eigenvalue weighted by Crippen LogP contribution is 2.46. The molecule has 1 aliphatic rings. The van der Waals surface area contributed by atoms with Crippen LogP contribution in [0.5, 0.6) is 5.75 Å². The predicted molar refractivity (Wildman–Crippen MR) is 105 cm³/mol. The third-order valence-electron chi connectivity index (χ3n) is 5.26. The van der Waals surface area contributed by atoms with Crippen molar-refractivity contribution >= 4 is 0 Å². The van der Waals surface area contributed by atoms with Gasteiger partial charge in [0.15, 0.2) is 0 Å². The number of benzene rings is 1. The number of para-hydroxylation sites is 1. The van der Waals surface area contributed by atoms with Crippen LogP contribution < -0.4 is 4.74 Å². The molecule has 1 nitrogen and oxygen atoms in total. The summed E-state index contributed by atoms with van der Waals surface area (Å²) in [6.07, 6.45) is 5.86. The maximum atomic E-state index is 5.90. The van der Waals surface area contributed by atoms with Gasteiger partial charge >= 0.3 is 0 Å². The van der Waals surface area contributed by atoms with Crippen molar-refractivity contribution in [2.75, 3.05) is 7.11 Å². The lowest BCUT2D eigenvalue weighted by Crippen LogP contribution is -2.22. The number of ether oxygens (including phenoxy) is 1. The molecule has 0 atom stereocenters. The molecule has 1 aromatic rings. The zero-order valence-electron chi connectivity index (χ0n) is 17.0. The van der Waals surface area contributed by atoms with Gasteiger partial charge < -0.3 is 4.74 Å². The monoisotopic (exact) mass is 326 g/mol. The van der Waals surface area contributed by atoms with Crippen molar-refractivity contribution in [3.05, 3.63) is 52.6 Å². The van der Waals surface area contributed by atoms with Crippen molar-refractivity contribution in [2.45, 2.75) is 72.6 Å². The molecule has 0 radical (unpaired) electrons. The Hall–Kier alpha value is -1.50. The van der Waals surface area contributed by atoms with Gasteiger partial charge in [0.05, 0.1) is 7.11 Å². The zero-order valence-corrected chi connectivity index (χ0v) is 17.0. The van der Waals surface area contributed by atoms with Crippen LogP contribution in [0.3, 0.4) is 0 Å². The summed E-state index contributed by atoms with van der Waals surface area (Å²) in [5, 5.41) is 0. The largest absolute Gasteiger partial charge is 0.496 e. The van der Waals surface area contributed by atoms with Crippen molar-refractivity contribution in [1.29, 1.82) is 0 Å². The normalized spacial score (nSPS) is 16.0. The van der Waals surface area contributed by atoms with E-state index in [1.54, 1.807) is 7.11 Å². The Morgan fingerprint density at radius 2 is 1.42 bits per heavy atom. The molecule has 0 amide bonds. The van der Waals surface area contributed by atoms with Crippen molar-refractivity contribution in [1.82, 2.24) is 0 Å². The van der Waals surface area contributed by atoms with Crippen LogP contribution in [0.4, 0.5) is 0 Å². The average molecular weight is 327 g/mol. The number of hydrogen-bond acceptors (Lipinski definition) is 1. The molecule has 1 aromatic carbocycles. The number of hydrogen-bond donors (Lipinski definition) is 0. The zero-order chi connectivity index (χ0) is 18.3. The number of rotatable bonds is 3. The molecule has 0 fully saturated rings. The third-order valence-corrected chi connectivity index (χ3v) is 5.26. The van der Waals surface area contributed by atoms with Crippen LogP contribution in [0.15, 0.2) is 41.5 Å². The fourth-order valence-electron chi connectivity index (χ4n) is 3.48. The van der Waals surface area contributed by atoms with Gasteiger partial charge in [-0.1, -0.05) is 91.3 Å². The minimum absolute atomic E-state index is 0.0634. The Morgan fingerprint density at radius 3 is 1.88 bits per heavy atom. The molecule has 0 unspecified atom stereocenters. The van der Waals surface area contributed by atoms with Crippen molar-refractivity contribution in [3.63, 3.8) is 0 Å². The van der Waals surface area contributed by atoms with Crippen molar-refractivity contribution in [2.24, 2.45) is 5.41 Å². The minimum Gasteiger partial charge on any atom is -0.496 e. The average Bonchev–Trinajstić information content (AvgIpc) is 2.96. The van der Waals surface area contributed by atoms with E-state index < -0.39 is 0 Å². The van der Waals surface area contributed by atoms with E-state index in [0.717, 1.165) is 12.2 Å². The van der Waals surface area contributed by atoms with Gasteiger partial charge in [0.25, 0.3) is 0 Å². The van der Waals surface area contributed by atoms with Gasteiger partial charge in [-0.3, -0.25) is 0 Å². The van der Waals surface area contributed by atoms with Crippen LogP contribution in [0.2, 0.25) is 0 Å². The topological polar surface area (TPSA) is 9.23 Å². The molecule has 132 valence electrons. The lowest BCUT2D eigenvalue weighted by molar-refractivity contribution is 0.384. The first-order chi connectivity index (χ1) is 10.9. The molecule has 0 spiro atoms. The summed E-state index contributed by atoms with van der Waals surface area (Å²) in [5.74, 6) is 1.04. The lowest BCUT2D eigenvalue weighted by atomic mass is 9.74. The van der Waals surface area contributed by atoms with Crippen LogP contribution >= 0.6 is 0 Å². The van der Waals surface area contributed by atoms with Crippen LogP contribution in [-0.2, 0) is 10.8 Å². The van der Waals surface area contributed by atoms with E-state index in [1.807, 2.05) is 0 Å². The second-order valence-electron chi connectivity index (χ2n) is 9.54. The molecule has 0 N–H and O–H groups in total. The summed E-state index contributed by atoms with van der Waals surface area (Å²) >= 11 is 0. The van der Waals surface area contributed by atoms with E-state index in [9.17, 15) is 0 Å². The van der Waals surface area contributed by atoms with Crippen LogP contribution in [0, 0.1) is 5.41 Å². The van der Waals surface area contributed by atoms with E-state index in [0.29, 0.717) is 0 Å². The van der Waals surface area contributed by atoms with E-state index in [1.165, 1.54) is 22.3 Å². The Bertz CT molecular complexity index is 673. The maximum absolute atomic E-state index is 5.90. The minimum atomic E-state index is -0.0698.